The van der Waals surface area contributed by atoms with Crippen LogP contribution in [0.15, 0.2) is 176 Å². The van der Waals surface area contributed by atoms with Crippen LogP contribution in [0.25, 0.3) is 98.5 Å². The van der Waals surface area contributed by atoms with Crippen LogP contribution in [0.3, 0.4) is 0 Å². The van der Waals surface area contributed by atoms with Crippen molar-refractivity contribution < 1.29 is 0 Å². The number of thiophene rings is 1. The molecule has 0 saturated carbocycles. The SMILES string of the molecule is c1ccc(-c2nc(-c3ccc(-c4cccc(-c5nc6ccccc6c6sc(-c7cccnc7)c(-c7cccnc7)c56)c4)cc3)c3ccccc3n2)cc1. The van der Waals surface area contributed by atoms with Crippen molar-refractivity contribution in [2.24, 2.45) is 0 Å². The average Bonchev–Trinajstić information content (AvgIpc) is 3.65. The third-order valence-electron chi connectivity index (χ3n) is 9.66. The van der Waals surface area contributed by atoms with Gasteiger partial charge in [-0.25, -0.2) is 15.0 Å². The maximum Gasteiger partial charge on any atom is 0.160 e. The molecule has 0 amide bonds. The first-order valence-electron chi connectivity index (χ1n) is 17.5. The van der Waals surface area contributed by atoms with E-state index in [2.05, 4.69) is 119 Å². The second-order valence-electron chi connectivity index (χ2n) is 12.9. The highest BCUT2D eigenvalue weighted by atomic mass is 32.1. The predicted octanol–water partition coefficient (Wildman–Crippen LogP) is 12.2. The molecule has 5 aromatic heterocycles. The monoisotopic (exact) mass is 695 g/mol. The molecule has 0 atom stereocenters. The highest BCUT2D eigenvalue weighted by Crippen LogP contribution is 2.50. The molecule has 10 aromatic rings. The number of aromatic nitrogens is 5. The first kappa shape index (κ1) is 30.9. The van der Waals surface area contributed by atoms with Gasteiger partial charge in [-0.3, -0.25) is 9.97 Å². The molecule has 0 bridgehead atoms. The lowest BCUT2D eigenvalue weighted by Crippen LogP contribution is -1.95. The summed E-state index contributed by atoms with van der Waals surface area (Å²) in [5.41, 5.74) is 12.3. The van der Waals surface area contributed by atoms with Crippen LogP contribution in [0.4, 0.5) is 0 Å². The molecule has 5 nitrogen and oxygen atoms in total. The van der Waals surface area contributed by atoms with Gasteiger partial charge in [-0.2, -0.15) is 0 Å². The maximum absolute atomic E-state index is 5.37. The summed E-state index contributed by atoms with van der Waals surface area (Å²) in [5.74, 6) is 0.719. The lowest BCUT2D eigenvalue weighted by Gasteiger charge is -2.12. The van der Waals surface area contributed by atoms with E-state index in [0.29, 0.717) is 0 Å². The standard InChI is InChI=1S/C47H29N5S/c1-2-11-32(12-3-1)47-51-39-19-6-4-17-37(39)43(52-47)31-23-21-30(22-24-31)33-13-8-14-34(27-33)44-42-41(35-15-9-25-48-28-35)45(36-16-10-26-49-29-36)53-46(42)38-18-5-7-20-40(38)50-44/h1-29H. The first-order valence-corrected chi connectivity index (χ1v) is 18.3. The fourth-order valence-electron chi connectivity index (χ4n) is 7.16. The molecule has 0 unspecified atom stereocenters. The van der Waals surface area contributed by atoms with Gasteiger partial charge in [-0.1, -0.05) is 121 Å². The Kier molecular flexibility index (Phi) is 7.59. The summed E-state index contributed by atoms with van der Waals surface area (Å²) in [4.78, 5) is 25.5. The molecule has 6 heteroatoms. The number of hydrogen-bond donors (Lipinski definition) is 0. The molecule has 0 N–H and O–H groups in total. The van der Waals surface area contributed by atoms with Gasteiger partial charge < -0.3 is 0 Å². The van der Waals surface area contributed by atoms with Gasteiger partial charge in [0.1, 0.15) is 0 Å². The summed E-state index contributed by atoms with van der Waals surface area (Å²) in [6.45, 7) is 0. The van der Waals surface area contributed by atoms with Crippen molar-refractivity contribution in [1.29, 1.82) is 0 Å². The summed E-state index contributed by atoms with van der Waals surface area (Å²) in [6.07, 6.45) is 7.53. The molecule has 0 spiro atoms. The number of fused-ring (bicyclic) bond motifs is 4. The Bertz CT molecular complexity index is 2930. The molecule has 10 rings (SSSR count). The molecule has 0 aliphatic heterocycles. The van der Waals surface area contributed by atoms with Gasteiger partial charge in [0.05, 0.1) is 22.4 Å². The van der Waals surface area contributed by atoms with Crippen molar-refractivity contribution >= 4 is 43.2 Å². The first-order chi connectivity index (χ1) is 26.3. The minimum Gasteiger partial charge on any atom is -0.264 e. The van der Waals surface area contributed by atoms with E-state index >= 15 is 0 Å². The van der Waals surface area contributed by atoms with Gasteiger partial charge in [0.2, 0.25) is 0 Å². The van der Waals surface area contributed by atoms with Gasteiger partial charge in [-0.15, -0.1) is 11.3 Å². The minimum atomic E-state index is 0.719. The summed E-state index contributed by atoms with van der Waals surface area (Å²) in [5, 5.41) is 3.29. The van der Waals surface area contributed by atoms with Crippen LogP contribution < -0.4 is 0 Å². The second kappa shape index (κ2) is 13.0. The zero-order chi connectivity index (χ0) is 35.1. The van der Waals surface area contributed by atoms with Crippen LogP contribution in [0.2, 0.25) is 0 Å². The normalized spacial score (nSPS) is 11.4. The molecule has 0 saturated heterocycles. The zero-order valence-electron chi connectivity index (χ0n) is 28.4. The molecule has 0 fully saturated rings. The number of rotatable bonds is 6. The molecule has 0 aliphatic rings. The quantitative estimate of drug-likeness (QED) is 0.173. The van der Waals surface area contributed by atoms with Crippen molar-refractivity contribution in [3.63, 3.8) is 0 Å². The molecular formula is C47H29N5S. The summed E-state index contributed by atoms with van der Waals surface area (Å²) >= 11 is 1.79. The van der Waals surface area contributed by atoms with Crippen molar-refractivity contribution in [2.75, 3.05) is 0 Å². The van der Waals surface area contributed by atoms with E-state index in [1.807, 2.05) is 67.3 Å². The largest absolute Gasteiger partial charge is 0.264 e. The Hall–Kier alpha value is -6.89. The molecule has 5 heterocycles. The van der Waals surface area contributed by atoms with Crippen LogP contribution in [0.5, 0.6) is 0 Å². The lowest BCUT2D eigenvalue weighted by molar-refractivity contribution is 1.23. The van der Waals surface area contributed by atoms with Crippen LogP contribution in [0, 0.1) is 0 Å². The predicted molar refractivity (Wildman–Crippen MR) is 218 cm³/mol. The fourth-order valence-corrected chi connectivity index (χ4v) is 8.51. The summed E-state index contributed by atoms with van der Waals surface area (Å²) < 4.78 is 1.20. The van der Waals surface area contributed by atoms with Crippen molar-refractivity contribution in [1.82, 2.24) is 24.9 Å². The van der Waals surface area contributed by atoms with Gasteiger partial charge in [0.25, 0.3) is 0 Å². The molecule has 0 aliphatic carbocycles. The van der Waals surface area contributed by atoms with E-state index in [4.69, 9.17) is 15.0 Å². The topological polar surface area (TPSA) is 64.5 Å². The van der Waals surface area contributed by atoms with Gasteiger partial charge in [-0.05, 0) is 41.5 Å². The zero-order valence-corrected chi connectivity index (χ0v) is 29.2. The Labute approximate surface area is 310 Å². The van der Waals surface area contributed by atoms with E-state index < -0.39 is 0 Å². The Morgan fingerprint density at radius 3 is 1.77 bits per heavy atom. The van der Waals surface area contributed by atoms with E-state index in [-0.39, 0.29) is 0 Å². The second-order valence-corrected chi connectivity index (χ2v) is 13.9. The summed E-state index contributed by atoms with van der Waals surface area (Å²) in [6, 6.07) is 52.5. The number of nitrogens with zero attached hydrogens (tertiary/aromatic N) is 5. The highest BCUT2D eigenvalue weighted by molar-refractivity contribution is 7.24. The molecule has 0 radical (unpaired) electrons. The molecular weight excluding hydrogens is 667 g/mol. The number of pyridine rings is 3. The van der Waals surface area contributed by atoms with E-state index in [1.165, 1.54) is 4.70 Å². The van der Waals surface area contributed by atoms with Crippen LogP contribution >= 0.6 is 11.3 Å². The maximum atomic E-state index is 5.37. The van der Waals surface area contributed by atoms with E-state index in [1.54, 1.807) is 11.3 Å². The average molecular weight is 696 g/mol. The molecule has 53 heavy (non-hydrogen) atoms. The highest BCUT2D eigenvalue weighted by Gasteiger charge is 2.23. The smallest absolute Gasteiger partial charge is 0.160 e. The van der Waals surface area contributed by atoms with Crippen LogP contribution in [-0.2, 0) is 0 Å². The van der Waals surface area contributed by atoms with Gasteiger partial charge in [0, 0.05) is 83.9 Å². The number of para-hydroxylation sites is 2. The van der Waals surface area contributed by atoms with Crippen molar-refractivity contribution in [2.45, 2.75) is 0 Å². The van der Waals surface area contributed by atoms with E-state index in [0.717, 1.165) is 93.8 Å². The Morgan fingerprint density at radius 2 is 1.02 bits per heavy atom. The third kappa shape index (κ3) is 5.53. The van der Waals surface area contributed by atoms with Crippen molar-refractivity contribution in [3.8, 4) is 66.6 Å². The van der Waals surface area contributed by atoms with Gasteiger partial charge >= 0.3 is 0 Å². The van der Waals surface area contributed by atoms with Gasteiger partial charge in [0.15, 0.2) is 5.82 Å². The third-order valence-corrected chi connectivity index (χ3v) is 10.9. The summed E-state index contributed by atoms with van der Waals surface area (Å²) in [7, 11) is 0. The molecule has 5 aromatic carbocycles. The molecule has 248 valence electrons. The van der Waals surface area contributed by atoms with E-state index in [9.17, 15) is 0 Å². The number of hydrogen-bond acceptors (Lipinski definition) is 6. The lowest BCUT2D eigenvalue weighted by atomic mass is 9.94. The van der Waals surface area contributed by atoms with Crippen LogP contribution in [-0.4, -0.2) is 24.9 Å². The van der Waals surface area contributed by atoms with Crippen molar-refractivity contribution in [3.05, 3.63) is 176 Å². The van der Waals surface area contributed by atoms with Crippen LogP contribution in [0.1, 0.15) is 0 Å². The fraction of sp³-hybridized carbons (Fsp3) is 0. The minimum absolute atomic E-state index is 0.719. The Morgan fingerprint density at radius 1 is 0.396 bits per heavy atom. The Balaban J connectivity index is 1.12. The number of benzene rings is 5.